The van der Waals surface area contributed by atoms with E-state index in [2.05, 4.69) is 5.10 Å². The van der Waals surface area contributed by atoms with Gasteiger partial charge in [0.1, 0.15) is 11.6 Å². The van der Waals surface area contributed by atoms with Crippen LogP contribution < -0.4 is 4.74 Å². The van der Waals surface area contributed by atoms with Gasteiger partial charge in [-0.25, -0.2) is 4.39 Å². The summed E-state index contributed by atoms with van der Waals surface area (Å²) in [6.07, 6.45) is 4.41. The minimum absolute atomic E-state index is 0.236. The lowest BCUT2D eigenvalue weighted by molar-refractivity contribution is 0.263. The van der Waals surface area contributed by atoms with Gasteiger partial charge in [0.05, 0.1) is 19.4 Å². The molecule has 0 unspecified atom stereocenters. The van der Waals surface area contributed by atoms with E-state index in [0.717, 1.165) is 12.0 Å². The molecule has 0 spiro atoms. The molecule has 2 rings (SSSR count). The standard InChI is InChI=1S/C13H15FN2O2/c1-16-8-10(7-15-16)4-5-18-13-3-2-12(14)6-11(13)9-17/h2-3,6-8,17H,4-5,9H2,1H3. The number of aliphatic hydroxyl groups excluding tert-OH is 1. The SMILES string of the molecule is Cn1cc(CCOc2ccc(F)cc2CO)cn1. The molecule has 0 saturated heterocycles. The quantitative estimate of drug-likeness (QED) is 0.878. The highest BCUT2D eigenvalue weighted by Crippen LogP contribution is 2.19. The fraction of sp³-hybridized carbons (Fsp3) is 0.308. The summed E-state index contributed by atoms with van der Waals surface area (Å²) < 4.78 is 20.2. The Labute approximate surface area is 105 Å². The molecule has 2 aromatic rings. The van der Waals surface area contributed by atoms with Gasteiger partial charge in [-0.15, -0.1) is 0 Å². The smallest absolute Gasteiger partial charge is 0.125 e. The van der Waals surface area contributed by atoms with Gasteiger partial charge in [0, 0.05) is 25.2 Å². The lowest BCUT2D eigenvalue weighted by Crippen LogP contribution is -2.03. The van der Waals surface area contributed by atoms with Crippen LogP contribution in [0, 0.1) is 5.82 Å². The molecule has 0 atom stereocenters. The summed E-state index contributed by atoms with van der Waals surface area (Å²) in [6, 6.07) is 4.13. The van der Waals surface area contributed by atoms with Crippen molar-refractivity contribution in [2.45, 2.75) is 13.0 Å². The summed E-state index contributed by atoms with van der Waals surface area (Å²) in [5.41, 5.74) is 1.53. The van der Waals surface area contributed by atoms with Crippen LogP contribution in [0.2, 0.25) is 0 Å². The maximum absolute atomic E-state index is 12.9. The number of halogens is 1. The van der Waals surface area contributed by atoms with Gasteiger partial charge in [-0.2, -0.15) is 5.10 Å². The molecule has 0 amide bonds. The summed E-state index contributed by atoms with van der Waals surface area (Å²) in [7, 11) is 1.86. The predicted molar refractivity (Wildman–Crippen MR) is 64.7 cm³/mol. The van der Waals surface area contributed by atoms with E-state index in [1.807, 2.05) is 13.2 Å². The van der Waals surface area contributed by atoms with E-state index in [1.54, 1.807) is 10.9 Å². The van der Waals surface area contributed by atoms with Crippen LogP contribution in [0.25, 0.3) is 0 Å². The molecule has 1 heterocycles. The Morgan fingerprint density at radius 3 is 2.94 bits per heavy atom. The zero-order valence-electron chi connectivity index (χ0n) is 10.1. The molecule has 0 fully saturated rings. The molecule has 0 aliphatic heterocycles. The Kier molecular flexibility index (Phi) is 3.94. The van der Waals surface area contributed by atoms with Gasteiger partial charge in [0.15, 0.2) is 0 Å². The number of aryl methyl sites for hydroxylation is 1. The van der Waals surface area contributed by atoms with Gasteiger partial charge in [0.2, 0.25) is 0 Å². The van der Waals surface area contributed by atoms with Crippen LogP contribution >= 0.6 is 0 Å². The fourth-order valence-corrected chi connectivity index (χ4v) is 1.69. The van der Waals surface area contributed by atoms with Crippen molar-refractivity contribution in [3.63, 3.8) is 0 Å². The third-order valence-corrected chi connectivity index (χ3v) is 2.60. The fourth-order valence-electron chi connectivity index (χ4n) is 1.69. The predicted octanol–water partition coefficient (Wildman–Crippen LogP) is 1.67. The molecule has 5 heteroatoms. The number of rotatable bonds is 5. The first-order chi connectivity index (χ1) is 8.69. The molecular weight excluding hydrogens is 235 g/mol. The lowest BCUT2D eigenvalue weighted by Gasteiger charge is -2.09. The molecule has 1 aromatic heterocycles. The number of benzene rings is 1. The Bertz CT molecular complexity index is 525. The second-order valence-electron chi connectivity index (χ2n) is 4.03. The van der Waals surface area contributed by atoms with Crippen LogP contribution in [0.15, 0.2) is 30.6 Å². The van der Waals surface area contributed by atoms with Crippen molar-refractivity contribution in [2.24, 2.45) is 7.05 Å². The monoisotopic (exact) mass is 250 g/mol. The number of nitrogens with zero attached hydrogens (tertiary/aromatic N) is 2. The number of ether oxygens (including phenoxy) is 1. The maximum Gasteiger partial charge on any atom is 0.125 e. The second-order valence-corrected chi connectivity index (χ2v) is 4.03. The van der Waals surface area contributed by atoms with Gasteiger partial charge in [-0.3, -0.25) is 4.68 Å². The summed E-state index contributed by atoms with van der Waals surface area (Å²) in [4.78, 5) is 0. The average molecular weight is 250 g/mol. The Balaban J connectivity index is 1.94. The van der Waals surface area contributed by atoms with Crippen LogP contribution in [-0.4, -0.2) is 21.5 Å². The molecule has 4 nitrogen and oxygen atoms in total. The highest BCUT2D eigenvalue weighted by atomic mass is 19.1. The zero-order valence-corrected chi connectivity index (χ0v) is 10.1. The van der Waals surface area contributed by atoms with E-state index in [1.165, 1.54) is 18.2 Å². The van der Waals surface area contributed by atoms with Crippen molar-refractivity contribution >= 4 is 0 Å². The van der Waals surface area contributed by atoms with E-state index in [4.69, 9.17) is 9.84 Å². The van der Waals surface area contributed by atoms with E-state index in [0.29, 0.717) is 17.9 Å². The third-order valence-electron chi connectivity index (χ3n) is 2.60. The topological polar surface area (TPSA) is 47.3 Å². The largest absolute Gasteiger partial charge is 0.493 e. The molecule has 0 saturated carbocycles. The highest BCUT2D eigenvalue weighted by molar-refractivity contribution is 5.33. The Morgan fingerprint density at radius 2 is 2.28 bits per heavy atom. The van der Waals surface area contributed by atoms with Gasteiger partial charge in [0.25, 0.3) is 0 Å². The van der Waals surface area contributed by atoms with Crippen molar-refractivity contribution in [1.82, 2.24) is 9.78 Å². The van der Waals surface area contributed by atoms with Crippen molar-refractivity contribution in [1.29, 1.82) is 0 Å². The minimum atomic E-state index is -0.376. The Morgan fingerprint density at radius 1 is 1.44 bits per heavy atom. The van der Waals surface area contributed by atoms with Crippen LogP contribution in [0.5, 0.6) is 5.75 Å². The average Bonchev–Trinajstić information content (AvgIpc) is 2.77. The van der Waals surface area contributed by atoms with Crippen molar-refractivity contribution < 1.29 is 14.2 Å². The molecule has 0 aliphatic carbocycles. The first-order valence-electron chi connectivity index (χ1n) is 5.68. The first-order valence-corrected chi connectivity index (χ1v) is 5.68. The normalized spacial score (nSPS) is 10.6. The lowest BCUT2D eigenvalue weighted by atomic mass is 10.2. The highest BCUT2D eigenvalue weighted by Gasteiger charge is 2.05. The number of aliphatic hydroxyl groups is 1. The maximum atomic E-state index is 12.9. The molecule has 0 bridgehead atoms. The number of hydrogen-bond acceptors (Lipinski definition) is 3. The van der Waals surface area contributed by atoms with Gasteiger partial charge in [-0.1, -0.05) is 0 Å². The first kappa shape index (κ1) is 12.6. The van der Waals surface area contributed by atoms with Crippen LogP contribution in [0.4, 0.5) is 4.39 Å². The number of aromatic nitrogens is 2. The van der Waals surface area contributed by atoms with E-state index < -0.39 is 0 Å². The molecule has 0 aliphatic rings. The molecule has 1 aromatic carbocycles. The van der Waals surface area contributed by atoms with Gasteiger partial charge < -0.3 is 9.84 Å². The van der Waals surface area contributed by atoms with E-state index in [-0.39, 0.29) is 12.4 Å². The molecule has 1 N–H and O–H groups in total. The van der Waals surface area contributed by atoms with Crippen molar-refractivity contribution in [3.05, 3.63) is 47.5 Å². The second kappa shape index (κ2) is 5.64. The molecular formula is C13H15FN2O2. The van der Waals surface area contributed by atoms with Crippen LogP contribution in [0.1, 0.15) is 11.1 Å². The van der Waals surface area contributed by atoms with Crippen LogP contribution in [-0.2, 0) is 20.1 Å². The summed E-state index contributed by atoms with van der Waals surface area (Å²) in [6.45, 7) is 0.226. The molecule has 0 radical (unpaired) electrons. The van der Waals surface area contributed by atoms with E-state index >= 15 is 0 Å². The van der Waals surface area contributed by atoms with E-state index in [9.17, 15) is 4.39 Å². The molecule has 96 valence electrons. The number of hydrogen-bond donors (Lipinski definition) is 1. The molecule has 18 heavy (non-hydrogen) atoms. The summed E-state index contributed by atoms with van der Waals surface area (Å²) in [5.74, 6) is 0.140. The van der Waals surface area contributed by atoms with Crippen LogP contribution in [0.3, 0.4) is 0 Å². The van der Waals surface area contributed by atoms with Crippen molar-refractivity contribution in [3.8, 4) is 5.75 Å². The van der Waals surface area contributed by atoms with Gasteiger partial charge in [-0.05, 0) is 23.8 Å². The Hall–Kier alpha value is -1.88. The zero-order chi connectivity index (χ0) is 13.0. The summed E-state index contributed by atoms with van der Waals surface area (Å²) >= 11 is 0. The van der Waals surface area contributed by atoms with Gasteiger partial charge >= 0.3 is 0 Å². The minimum Gasteiger partial charge on any atom is -0.493 e. The third kappa shape index (κ3) is 3.07. The summed E-state index contributed by atoms with van der Waals surface area (Å²) in [5, 5.41) is 13.2. The van der Waals surface area contributed by atoms with Crippen molar-refractivity contribution in [2.75, 3.05) is 6.61 Å².